The van der Waals surface area contributed by atoms with Crippen molar-refractivity contribution in [3.05, 3.63) is 23.4 Å². The highest BCUT2D eigenvalue weighted by atomic mass is 15.3. The highest BCUT2D eigenvalue weighted by Crippen LogP contribution is 2.27. The quantitative estimate of drug-likeness (QED) is 0.536. The molecule has 0 saturated carbocycles. The average molecular weight is 278 g/mol. The Kier molecular flexibility index (Phi) is 4.93. The number of pyridine rings is 1. The Hall–Kier alpha value is -1.21. The first-order chi connectivity index (χ1) is 9.52. The van der Waals surface area contributed by atoms with Gasteiger partial charge in [0, 0.05) is 37.4 Å². The van der Waals surface area contributed by atoms with Gasteiger partial charge in [0.2, 0.25) is 0 Å². The zero-order valence-electron chi connectivity index (χ0n) is 12.6. The summed E-state index contributed by atoms with van der Waals surface area (Å²) < 4.78 is 0. The topological polar surface area (TPSA) is 83.4 Å². The highest BCUT2D eigenvalue weighted by molar-refractivity contribution is 5.46. The Balaban J connectivity index is 2.16. The van der Waals surface area contributed by atoms with Crippen molar-refractivity contribution < 1.29 is 0 Å². The van der Waals surface area contributed by atoms with E-state index in [2.05, 4.69) is 41.2 Å². The predicted octanol–water partition coefficient (Wildman–Crippen LogP) is 0.113. The van der Waals surface area contributed by atoms with Gasteiger partial charge in [0.25, 0.3) is 0 Å². The van der Waals surface area contributed by atoms with Crippen LogP contribution in [-0.2, 0) is 0 Å². The number of nitrogens with two attached hydrogens (primary N) is 2. The Labute approximate surface area is 121 Å². The standard InChI is InChI=1S/C14H26N6/c1-10-4-5-17-14(15)13(10)12(18-16)8-11-9-19(2)6-7-20(11)3/h4-5,11-12,18H,6-9,16H2,1-3H3,(H2,15,17). The van der Waals surface area contributed by atoms with E-state index in [1.807, 2.05) is 6.07 Å². The lowest BCUT2D eigenvalue weighted by Gasteiger charge is -2.39. The molecule has 5 N–H and O–H groups in total. The third-order valence-corrected chi connectivity index (χ3v) is 4.28. The fourth-order valence-corrected chi connectivity index (χ4v) is 2.94. The molecule has 2 rings (SSSR count). The third kappa shape index (κ3) is 3.27. The Bertz CT molecular complexity index is 429. The van der Waals surface area contributed by atoms with Crippen LogP contribution in [0.15, 0.2) is 12.3 Å². The molecule has 0 spiro atoms. The van der Waals surface area contributed by atoms with Gasteiger partial charge in [-0.3, -0.25) is 11.3 Å². The molecule has 1 aromatic rings. The molecule has 0 amide bonds. The number of aromatic nitrogens is 1. The first-order valence-corrected chi connectivity index (χ1v) is 7.08. The molecule has 6 nitrogen and oxygen atoms in total. The van der Waals surface area contributed by atoms with E-state index >= 15 is 0 Å². The number of nitrogens with zero attached hydrogens (tertiary/aromatic N) is 3. The summed E-state index contributed by atoms with van der Waals surface area (Å²) in [5, 5.41) is 0. The summed E-state index contributed by atoms with van der Waals surface area (Å²) in [6.45, 7) is 5.30. The molecule has 1 aromatic heterocycles. The van der Waals surface area contributed by atoms with E-state index < -0.39 is 0 Å². The molecule has 0 radical (unpaired) electrons. The van der Waals surface area contributed by atoms with E-state index in [0.29, 0.717) is 11.9 Å². The smallest absolute Gasteiger partial charge is 0.128 e. The van der Waals surface area contributed by atoms with E-state index in [-0.39, 0.29) is 6.04 Å². The van der Waals surface area contributed by atoms with Crippen LogP contribution in [0.4, 0.5) is 5.82 Å². The van der Waals surface area contributed by atoms with E-state index in [1.54, 1.807) is 6.20 Å². The number of hydrazine groups is 1. The lowest BCUT2D eigenvalue weighted by Crippen LogP contribution is -2.51. The summed E-state index contributed by atoms with van der Waals surface area (Å²) in [6, 6.07) is 2.48. The molecule has 2 atom stereocenters. The number of hydrogen-bond donors (Lipinski definition) is 3. The average Bonchev–Trinajstić information content (AvgIpc) is 2.41. The Morgan fingerprint density at radius 2 is 2.20 bits per heavy atom. The number of nitrogen functional groups attached to an aromatic ring is 1. The maximum atomic E-state index is 6.03. The summed E-state index contributed by atoms with van der Waals surface area (Å²) in [7, 11) is 4.33. The maximum absolute atomic E-state index is 6.03. The van der Waals surface area contributed by atoms with E-state index in [4.69, 9.17) is 11.6 Å². The molecule has 0 aromatic carbocycles. The minimum atomic E-state index is 0.0302. The fraction of sp³-hybridized carbons (Fsp3) is 0.643. The lowest BCUT2D eigenvalue weighted by atomic mass is 9.95. The van der Waals surface area contributed by atoms with Crippen LogP contribution in [0.5, 0.6) is 0 Å². The van der Waals surface area contributed by atoms with Gasteiger partial charge in [0.15, 0.2) is 0 Å². The minimum Gasteiger partial charge on any atom is -0.383 e. The number of rotatable bonds is 4. The van der Waals surface area contributed by atoms with Gasteiger partial charge in [-0.2, -0.15) is 0 Å². The SMILES string of the molecule is Cc1ccnc(N)c1C(CC1CN(C)CCN1C)NN. The van der Waals surface area contributed by atoms with Crippen LogP contribution in [0.1, 0.15) is 23.6 Å². The van der Waals surface area contributed by atoms with Crippen molar-refractivity contribution in [3.63, 3.8) is 0 Å². The molecule has 1 saturated heterocycles. The highest BCUT2D eigenvalue weighted by Gasteiger charge is 2.27. The van der Waals surface area contributed by atoms with Crippen molar-refractivity contribution in [3.8, 4) is 0 Å². The van der Waals surface area contributed by atoms with Gasteiger partial charge in [-0.15, -0.1) is 0 Å². The number of hydrogen-bond acceptors (Lipinski definition) is 6. The van der Waals surface area contributed by atoms with Gasteiger partial charge in [0.1, 0.15) is 5.82 Å². The summed E-state index contributed by atoms with van der Waals surface area (Å²) in [4.78, 5) is 8.95. The molecular formula is C14H26N6. The summed E-state index contributed by atoms with van der Waals surface area (Å²) in [5.74, 6) is 6.34. The second-order valence-corrected chi connectivity index (χ2v) is 5.78. The molecule has 0 bridgehead atoms. The van der Waals surface area contributed by atoms with Gasteiger partial charge < -0.3 is 15.5 Å². The molecule has 1 aliphatic rings. The number of nitrogens with one attached hydrogen (secondary N) is 1. The van der Waals surface area contributed by atoms with Crippen molar-refractivity contribution in [2.75, 3.05) is 39.5 Å². The van der Waals surface area contributed by atoms with Crippen molar-refractivity contribution in [2.45, 2.75) is 25.4 Å². The molecule has 2 unspecified atom stereocenters. The zero-order chi connectivity index (χ0) is 14.7. The van der Waals surface area contributed by atoms with Gasteiger partial charge in [0.05, 0.1) is 6.04 Å². The number of aryl methyl sites for hydroxylation is 1. The molecule has 2 heterocycles. The molecule has 0 aliphatic carbocycles. The number of anilines is 1. The van der Waals surface area contributed by atoms with Crippen LogP contribution in [0.2, 0.25) is 0 Å². The van der Waals surface area contributed by atoms with Crippen LogP contribution in [0.25, 0.3) is 0 Å². The third-order valence-electron chi connectivity index (χ3n) is 4.28. The second-order valence-electron chi connectivity index (χ2n) is 5.78. The number of piperazine rings is 1. The number of likely N-dealkylation sites (N-methyl/N-ethyl adjacent to an activating group) is 2. The van der Waals surface area contributed by atoms with Crippen molar-refractivity contribution in [1.82, 2.24) is 20.2 Å². The largest absolute Gasteiger partial charge is 0.383 e. The first kappa shape index (κ1) is 15.2. The molecule has 6 heteroatoms. The Morgan fingerprint density at radius 1 is 1.45 bits per heavy atom. The van der Waals surface area contributed by atoms with E-state index in [0.717, 1.165) is 37.2 Å². The summed E-state index contributed by atoms with van der Waals surface area (Å²) >= 11 is 0. The van der Waals surface area contributed by atoms with Crippen molar-refractivity contribution >= 4 is 5.82 Å². The summed E-state index contributed by atoms with van der Waals surface area (Å²) in [6.07, 6.45) is 2.66. The maximum Gasteiger partial charge on any atom is 0.128 e. The second kappa shape index (κ2) is 6.49. The van der Waals surface area contributed by atoms with Crippen LogP contribution in [0.3, 0.4) is 0 Å². The zero-order valence-corrected chi connectivity index (χ0v) is 12.6. The van der Waals surface area contributed by atoms with E-state index in [1.165, 1.54) is 0 Å². The van der Waals surface area contributed by atoms with Crippen LogP contribution in [-0.4, -0.2) is 54.6 Å². The molecule has 1 fully saturated rings. The van der Waals surface area contributed by atoms with Gasteiger partial charge in [-0.05, 0) is 39.1 Å². The van der Waals surface area contributed by atoms with Gasteiger partial charge in [-0.25, -0.2) is 4.98 Å². The van der Waals surface area contributed by atoms with Crippen molar-refractivity contribution in [1.29, 1.82) is 0 Å². The predicted molar refractivity (Wildman–Crippen MR) is 82.0 cm³/mol. The summed E-state index contributed by atoms with van der Waals surface area (Å²) in [5.41, 5.74) is 11.1. The monoisotopic (exact) mass is 278 g/mol. The van der Waals surface area contributed by atoms with Crippen LogP contribution < -0.4 is 17.0 Å². The fourth-order valence-electron chi connectivity index (χ4n) is 2.94. The minimum absolute atomic E-state index is 0.0302. The lowest BCUT2D eigenvalue weighted by molar-refractivity contribution is 0.101. The molecule has 1 aliphatic heterocycles. The van der Waals surface area contributed by atoms with E-state index in [9.17, 15) is 0 Å². The first-order valence-electron chi connectivity index (χ1n) is 7.08. The van der Waals surface area contributed by atoms with Gasteiger partial charge in [-0.1, -0.05) is 0 Å². The van der Waals surface area contributed by atoms with Crippen LogP contribution >= 0.6 is 0 Å². The Morgan fingerprint density at radius 3 is 2.85 bits per heavy atom. The molecule has 112 valence electrons. The van der Waals surface area contributed by atoms with Crippen molar-refractivity contribution in [2.24, 2.45) is 5.84 Å². The molecule has 20 heavy (non-hydrogen) atoms. The molecular weight excluding hydrogens is 252 g/mol. The van der Waals surface area contributed by atoms with Gasteiger partial charge >= 0.3 is 0 Å². The van der Waals surface area contributed by atoms with Crippen LogP contribution in [0, 0.1) is 6.92 Å². The normalized spacial score (nSPS) is 22.9.